The summed E-state index contributed by atoms with van der Waals surface area (Å²) in [6.45, 7) is 1.60. The number of aromatic amines is 1. The Kier molecular flexibility index (Phi) is 5.37. The second kappa shape index (κ2) is 7.87. The number of carbonyl (C=O) groups excluding carboxylic acids is 2. The van der Waals surface area contributed by atoms with Crippen molar-refractivity contribution in [3.63, 3.8) is 0 Å². The van der Waals surface area contributed by atoms with Gasteiger partial charge in [-0.3, -0.25) is 9.59 Å². The maximum Gasteiger partial charge on any atom is 0.306 e. The Morgan fingerprint density at radius 1 is 1.04 bits per heavy atom. The van der Waals surface area contributed by atoms with Crippen molar-refractivity contribution < 1.29 is 19.1 Å². The van der Waals surface area contributed by atoms with Gasteiger partial charge in [-0.1, -0.05) is 30.3 Å². The molecule has 1 heterocycles. The highest BCUT2D eigenvalue weighted by Crippen LogP contribution is 2.22. The Bertz CT molecular complexity index is 925. The maximum atomic E-state index is 12.5. The molecule has 26 heavy (non-hydrogen) atoms. The zero-order chi connectivity index (χ0) is 18.5. The van der Waals surface area contributed by atoms with Crippen LogP contribution in [0.2, 0.25) is 0 Å². The molecule has 1 aromatic heterocycles. The van der Waals surface area contributed by atoms with Crippen LogP contribution in [-0.4, -0.2) is 30.5 Å². The zero-order valence-electron chi connectivity index (χ0n) is 14.9. The Morgan fingerprint density at radius 3 is 2.50 bits per heavy atom. The monoisotopic (exact) mass is 351 g/mol. The fraction of sp³-hybridized carbons (Fsp3) is 0.238. The van der Waals surface area contributed by atoms with E-state index in [2.05, 4.69) is 4.98 Å². The molecule has 3 aromatic rings. The van der Waals surface area contributed by atoms with Crippen molar-refractivity contribution in [2.45, 2.75) is 19.8 Å². The normalized spacial score (nSPS) is 10.7. The number of esters is 1. The largest absolute Gasteiger partial charge is 0.497 e. The number of aryl methyl sites for hydroxylation is 2. The highest BCUT2D eigenvalue weighted by atomic mass is 16.5. The number of ketones is 1. The van der Waals surface area contributed by atoms with Gasteiger partial charge in [0.05, 0.1) is 7.11 Å². The van der Waals surface area contributed by atoms with Crippen LogP contribution in [0.1, 0.15) is 28.0 Å². The van der Waals surface area contributed by atoms with E-state index in [9.17, 15) is 9.59 Å². The topological polar surface area (TPSA) is 68.4 Å². The molecule has 1 N–H and O–H groups in total. The first-order chi connectivity index (χ1) is 12.6. The standard InChI is InChI=1S/C21H21NO4/c1-14-21(17-5-3-4-6-18(17)22-14)19(23)13-26-20(24)12-9-15-7-10-16(25-2)11-8-15/h3-8,10-11,22H,9,12-13H2,1-2H3. The first kappa shape index (κ1) is 17.7. The summed E-state index contributed by atoms with van der Waals surface area (Å²) in [4.78, 5) is 27.6. The molecule has 2 aromatic carbocycles. The number of carbonyl (C=O) groups is 2. The molecule has 0 aliphatic carbocycles. The SMILES string of the molecule is COc1ccc(CCC(=O)OCC(=O)c2c(C)[nH]c3ccccc23)cc1. The van der Waals surface area contributed by atoms with Crippen molar-refractivity contribution in [1.29, 1.82) is 0 Å². The van der Waals surface area contributed by atoms with E-state index >= 15 is 0 Å². The number of hydrogen-bond donors (Lipinski definition) is 1. The Balaban J connectivity index is 1.55. The molecule has 3 rings (SSSR count). The van der Waals surface area contributed by atoms with Gasteiger partial charge in [0.1, 0.15) is 5.75 Å². The van der Waals surface area contributed by atoms with Crippen LogP contribution < -0.4 is 4.74 Å². The van der Waals surface area contributed by atoms with Crippen LogP contribution in [0.15, 0.2) is 48.5 Å². The molecule has 134 valence electrons. The number of H-pyrrole nitrogens is 1. The minimum atomic E-state index is -0.383. The van der Waals surface area contributed by atoms with E-state index in [0.717, 1.165) is 27.9 Å². The summed E-state index contributed by atoms with van der Waals surface area (Å²) in [5.41, 5.74) is 3.29. The molecule has 0 radical (unpaired) electrons. The van der Waals surface area contributed by atoms with Crippen LogP contribution in [0.4, 0.5) is 0 Å². The number of fused-ring (bicyclic) bond motifs is 1. The molecule has 0 saturated carbocycles. The number of benzene rings is 2. The predicted molar refractivity (Wildman–Crippen MR) is 99.6 cm³/mol. The summed E-state index contributed by atoms with van der Waals surface area (Å²) in [6.07, 6.45) is 0.787. The van der Waals surface area contributed by atoms with E-state index < -0.39 is 0 Å². The lowest BCUT2D eigenvalue weighted by Crippen LogP contribution is -2.15. The van der Waals surface area contributed by atoms with Crippen LogP contribution in [0.25, 0.3) is 10.9 Å². The smallest absolute Gasteiger partial charge is 0.306 e. The van der Waals surface area contributed by atoms with Gasteiger partial charge in [-0.2, -0.15) is 0 Å². The van der Waals surface area contributed by atoms with Crippen molar-refractivity contribution in [3.05, 3.63) is 65.4 Å². The zero-order valence-corrected chi connectivity index (χ0v) is 14.9. The van der Waals surface area contributed by atoms with Gasteiger partial charge in [0.15, 0.2) is 6.61 Å². The Hall–Kier alpha value is -3.08. The third kappa shape index (κ3) is 3.94. The number of methoxy groups -OCH3 is 1. The van der Waals surface area contributed by atoms with Crippen molar-refractivity contribution in [2.24, 2.45) is 0 Å². The molecular formula is C21H21NO4. The van der Waals surface area contributed by atoms with Gasteiger partial charge in [-0.25, -0.2) is 0 Å². The molecule has 0 amide bonds. The summed E-state index contributed by atoms with van der Waals surface area (Å²) < 4.78 is 10.3. The third-order valence-corrected chi connectivity index (χ3v) is 4.31. The second-order valence-corrected chi connectivity index (χ2v) is 6.10. The van der Waals surface area contributed by atoms with E-state index in [-0.39, 0.29) is 24.8 Å². The summed E-state index contributed by atoms with van der Waals surface area (Å²) in [5.74, 6) is 0.195. The number of hydrogen-bond acceptors (Lipinski definition) is 4. The van der Waals surface area contributed by atoms with E-state index in [4.69, 9.17) is 9.47 Å². The lowest BCUT2D eigenvalue weighted by molar-refractivity contribution is -0.142. The van der Waals surface area contributed by atoms with Crippen LogP contribution in [0.5, 0.6) is 5.75 Å². The van der Waals surface area contributed by atoms with Crippen molar-refractivity contribution >= 4 is 22.7 Å². The van der Waals surface area contributed by atoms with E-state index in [1.165, 1.54) is 0 Å². The van der Waals surface area contributed by atoms with Gasteiger partial charge in [0, 0.05) is 28.6 Å². The molecule has 0 spiro atoms. The average molecular weight is 351 g/mol. The molecule has 0 atom stereocenters. The number of aromatic nitrogens is 1. The number of Topliss-reactive ketones (excluding diaryl/α,β-unsaturated/α-hetero) is 1. The van der Waals surface area contributed by atoms with Crippen LogP contribution in [0.3, 0.4) is 0 Å². The lowest BCUT2D eigenvalue weighted by Gasteiger charge is -2.06. The lowest BCUT2D eigenvalue weighted by atomic mass is 10.1. The van der Waals surface area contributed by atoms with E-state index in [0.29, 0.717) is 12.0 Å². The van der Waals surface area contributed by atoms with Gasteiger partial charge >= 0.3 is 5.97 Å². The van der Waals surface area contributed by atoms with Gasteiger partial charge in [0.2, 0.25) is 5.78 Å². The van der Waals surface area contributed by atoms with Gasteiger partial charge in [-0.05, 0) is 37.1 Å². The first-order valence-corrected chi connectivity index (χ1v) is 8.47. The quantitative estimate of drug-likeness (QED) is 0.519. The molecule has 0 bridgehead atoms. The summed E-state index contributed by atoms with van der Waals surface area (Å²) in [6, 6.07) is 15.1. The fourth-order valence-corrected chi connectivity index (χ4v) is 2.96. The van der Waals surface area contributed by atoms with Crippen molar-refractivity contribution in [3.8, 4) is 5.75 Å². The third-order valence-electron chi connectivity index (χ3n) is 4.31. The summed E-state index contributed by atoms with van der Waals surface area (Å²) in [7, 11) is 1.61. The Morgan fingerprint density at radius 2 is 1.77 bits per heavy atom. The van der Waals surface area contributed by atoms with Crippen molar-refractivity contribution in [1.82, 2.24) is 4.98 Å². The molecule has 0 saturated heterocycles. The van der Waals surface area contributed by atoms with Gasteiger partial charge in [0.25, 0.3) is 0 Å². The van der Waals surface area contributed by atoms with Crippen LogP contribution in [-0.2, 0) is 16.0 Å². The first-order valence-electron chi connectivity index (χ1n) is 8.47. The Labute approximate surface area is 151 Å². The fourth-order valence-electron chi connectivity index (χ4n) is 2.96. The van der Waals surface area contributed by atoms with E-state index in [1.54, 1.807) is 7.11 Å². The second-order valence-electron chi connectivity index (χ2n) is 6.10. The molecular weight excluding hydrogens is 330 g/mol. The molecule has 5 heteroatoms. The molecule has 5 nitrogen and oxygen atoms in total. The highest BCUT2D eigenvalue weighted by molar-refractivity contribution is 6.10. The van der Waals surface area contributed by atoms with Gasteiger partial charge in [-0.15, -0.1) is 0 Å². The number of nitrogens with one attached hydrogen (secondary N) is 1. The van der Waals surface area contributed by atoms with Crippen molar-refractivity contribution in [2.75, 3.05) is 13.7 Å². The highest BCUT2D eigenvalue weighted by Gasteiger charge is 2.17. The van der Waals surface area contributed by atoms with Gasteiger partial charge < -0.3 is 14.5 Å². The maximum absolute atomic E-state index is 12.5. The number of para-hydroxylation sites is 1. The van der Waals surface area contributed by atoms with Crippen LogP contribution in [0, 0.1) is 6.92 Å². The number of ether oxygens (including phenoxy) is 2. The minimum absolute atomic E-state index is 0.197. The molecule has 0 aliphatic rings. The molecule has 0 unspecified atom stereocenters. The summed E-state index contributed by atoms with van der Waals surface area (Å²) >= 11 is 0. The average Bonchev–Trinajstić information content (AvgIpc) is 3.00. The van der Waals surface area contributed by atoms with E-state index in [1.807, 2.05) is 55.5 Å². The number of rotatable bonds is 7. The predicted octanol–water partition coefficient (Wildman–Crippen LogP) is 3.84. The molecule has 0 fully saturated rings. The molecule has 0 aliphatic heterocycles. The van der Waals surface area contributed by atoms with Crippen LogP contribution >= 0.6 is 0 Å². The summed E-state index contributed by atoms with van der Waals surface area (Å²) in [5, 5.41) is 0.851. The minimum Gasteiger partial charge on any atom is -0.497 e.